The zero-order valence-electron chi connectivity index (χ0n) is 18.9. The molecule has 0 saturated carbocycles. The van der Waals surface area contributed by atoms with Gasteiger partial charge in [-0.05, 0) is 23.3 Å². The number of allylic oxidation sites excluding steroid dienone is 1. The van der Waals surface area contributed by atoms with Crippen LogP contribution in [0.4, 0.5) is 26.3 Å². The highest BCUT2D eigenvalue weighted by molar-refractivity contribution is 6.01. The molecular formula is C23H28F6N2O2. The van der Waals surface area contributed by atoms with E-state index in [2.05, 4.69) is 5.32 Å². The molecule has 2 N–H and O–H groups in total. The lowest BCUT2D eigenvalue weighted by Crippen LogP contribution is -2.70. The summed E-state index contributed by atoms with van der Waals surface area (Å²) in [6.07, 6.45) is -13.5. The zero-order valence-corrected chi connectivity index (χ0v) is 18.9. The summed E-state index contributed by atoms with van der Waals surface area (Å²) in [5, 5.41) is 3.83. The van der Waals surface area contributed by atoms with Crippen LogP contribution in [-0.4, -0.2) is 36.1 Å². The Labute approximate surface area is 188 Å². The molecule has 1 aromatic rings. The number of Topliss-reactive ketones (excluding diaryl/α,β-unsaturated/α-hetero) is 1. The SMILES string of the molecule is CC(C)CNC1=C(C(NC(=O)Cc2ccccc2)(C(F)(F)F)C(F)(F)F)C(=O)CC(C)(C)C1. The molecule has 0 spiro atoms. The van der Waals surface area contributed by atoms with Crippen molar-refractivity contribution in [3.8, 4) is 0 Å². The van der Waals surface area contributed by atoms with Gasteiger partial charge < -0.3 is 10.6 Å². The summed E-state index contributed by atoms with van der Waals surface area (Å²) >= 11 is 0. The van der Waals surface area contributed by atoms with E-state index in [1.54, 1.807) is 33.8 Å². The lowest BCUT2D eigenvalue weighted by atomic mass is 9.70. The van der Waals surface area contributed by atoms with Crippen LogP contribution in [0, 0.1) is 11.3 Å². The van der Waals surface area contributed by atoms with Crippen molar-refractivity contribution in [3.05, 3.63) is 47.2 Å². The topological polar surface area (TPSA) is 58.2 Å². The maximum atomic E-state index is 14.3. The molecule has 1 aliphatic carbocycles. The zero-order chi connectivity index (χ0) is 25.2. The first-order valence-corrected chi connectivity index (χ1v) is 10.5. The molecule has 0 atom stereocenters. The van der Waals surface area contributed by atoms with Crippen LogP contribution in [0.5, 0.6) is 0 Å². The first-order chi connectivity index (χ1) is 15.0. The predicted octanol–water partition coefficient (Wildman–Crippen LogP) is 5.10. The number of hydrogen-bond donors (Lipinski definition) is 2. The van der Waals surface area contributed by atoms with Gasteiger partial charge in [0.25, 0.3) is 5.54 Å². The minimum absolute atomic E-state index is 0.0615. The van der Waals surface area contributed by atoms with Crippen molar-refractivity contribution >= 4 is 11.7 Å². The van der Waals surface area contributed by atoms with Crippen molar-refractivity contribution in [1.29, 1.82) is 0 Å². The lowest BCUT2D eigenvalue weighted by molar-refractivity contribution is -0.292. The lowest BCUT2D eigenvalue weighted by Gasteiger charge is -2.44. The molecule has 0 radical (unpaired) electrons. The minimum atomic E-state index is -6.02. The van der Waals surface area contributed by atoms with Gasteiger partial charge in [-0.25, -0.2) is 0 Å². The number of nitrogens with one attached hydrogen (secondary N) is 2. The van der Waals surface area contributed by atoms with Crippen LogP contribution in [0.15, 0.2) is 41.6 Å². The summed E-state index contributed by atoms with van der Waals surface area (Å²) in [4.78, 5) is 25.4. The van der Waals surface area contributed by atoms with Crippen LogP contribution < -0.4 is 10.6 Å². The second-order valence-corrected chi connectivity index (χ2v) is 9.53. The summed E-state index contributed by atoms with van der Waals surface area (Å²) in [6.45, 7) is 6.70. The van der Waals surface area contributed by atoms with Crippen molar-refractivity contribution in [3.63, 3.8) is 0 Å². The molecule has 0 aliphatic heterocycles. The van der Waals surface area contributed by atoms with Crippen LogP contribution >= 0.6 is 0 Å². The number of alkyl halides is 6. The third kappa shape index (κ3) is 5.89. The number of amides is 1. The monoisotopic (exact) mass is 478 g/mol. The Morgan fingerprint density at radius 2 is 1.55 bits per heavy atom. The Kier molecular flexibility index (Phi) is 7.60. The summed E-state index contributed by atoms with van der Waals surface area (Å²) < 4.78 is 86.1. The van der Waals surface area contributed by atoms with Gasteiger partial charge in [0.15, 0.2) is 5.78 Å². The fraction of sp³-hybridized carbons (Fsp3) is 0.565. The van der Waals surface area contributed by atoms with Gasteiger partial charge in [-0.2, -0.15) is 26.3 Å². The third-order valence-corrected chi connectivity index (χ3v) is 5.36. The van der Waals surface area contributed by atoms with E-state index in [9.17, 15) is 35.9 Å². The summed E-state index contributed by atoms with van der Waals surface area (Å²) in [6, 6.07) is 7.42. The molecule has 10 heteroatoms. The van der Waals surface area contributed by atoms with Crippen LogP contribution in [0.3, 0.4) is 0 Å². The van der Waals surface area contributed by atoms with Gasteiger partial charge in [-0.3, -0.25) is 9.59 Å². The van der Waals surface area contributed by atoms with Gasteiger partial charge in [-0.15, -0.1) is 0 Å². The smallest absolute Gasteiger partial charge is 0.388 e. The van der Waals surface area contributed by atoms with E-state index < -0.39 is 59.1 Å². The van der Waals surface area contributed by atoms with Gasteiger partial charge in [0.1, 0.15) is 0 Å². The quantitative estimate of drug-likeness (QED) is 0.537. The average Bonchev–Trinajstić information content (AvgIpc) is 2.62. The van der Waals surface area contributed by atoms with Crippen LogP contribution in [0.25, 0.3) is 0 Å². The molecule has 1 aromatic carbocycles. The Morgan fingerprint density at radius 3 is 2.03 bits per heavy atom. The van der Waals surface area contributed by atoms with Crippen LogP contribution in [0.1, 0.15) is 46.1 Å². The number of halogens is 6. The average molecular weight is 478 g/mol. The highest BCUT2D eigenvalue weighted by Crippen LogP contribution is 2.52. The van der Waals surface area contributed by atoms with E-state index in [-0.39, 0.29) is 24.4 Å². The Hall–Kier alpha value is -2.52. The fourth-order valence-corrected chi connectivity index (χ4v) is 3.92. The predicted molar refractivity (Wildman–Crippen MR) is 111 cm³/mol. The summed E-state index contributed by atoms with van der Waals surface area (Å²) in [5.41, 5.74) is -7.38. The molecule has 0 fully saturated rings. The second kappa shape index (κ2) is 9.38. The molecule has 0 unspecified atom stereocenters. The van der Waals surface area contributed by atoms with E-state index >= 15 is 0 Å². The van der Waals surface area contributed by atoms with Gasteiger partial charge in [-0.1, -0.05) is 58.0 Å². The Bertz CT molecular complexity index is 888. The van der Waals surface area contributed by atoms with E-state index in [0.717, 1.165) is 0 Å². The molecule has 4 nitrogen and oxygen atoms in total. The first-order valence-electron chi connectivity index (χ1n) is 10.5. The van der Waals surface area contributed by atoms with Crippen molar-refractivity contribution in [2.45, 2.75) is 64.8 Å². The molecule has 0 bridgehead atoms. The van der Waals surface area contributed by atoms with Gasteiger partial charge in [0, 0.05) is 18.7 Å². The molecule has 33 heavy (non-hydrogen) atoms. The molecule has 0 saturated heterocycles. The first kappa shape index (κ1) is 26.7. The molecule has 0 heterocycles. The summed E-state index contributed by atoms with van der Waals surface area (Å²) in [7, 11) is 0. The highest BCUT2D eigenvalue weighted by atomic mass is 19.4. The molecular weight excluding hydrogens is 450 g/mol. The van der Waals surface area contributed by atoms with Crippen molar-refractivity contribution in [2.75, 3.05) is 6.54 Å². The molecule has 0 aromatic heterocycles. The van der Waals surface area contributed by atoms with Crippen molar-refractivity contribution in [2.24, 2.45) is 11.3 Å². The third-order valence-electron chi connectivity index (χ3n) is 5.36. The Morgan fingerprint density at radius 1 is 1.00 bits per heavy atom. The van der Waals surface area contributed by atoms with Gasteiger partial charge in [0.05, 0.1) is 12.0 Å². The standard InChI is InChI=1S/C23H28F6N2O2/c1-14(2)13-30-16-11-20(3,4)12-17(32)19(16)21(22(24,25)26,23(27,28)29)31-18(33)10-15-8-6-5-7-9-15/h5-9,14,30H,10-13H2,1-4H3,(H,31,33). The van der Waals surface area contributed by atoms with Gasteiger partial charge >= 0.3 is 12.4 Å². The number of benzene rings is 1. The number of hydrogen-bond acceptors (Lipinski definition) is 3. The van der Waals surface area contributed by atoms with Crippen molar-refractivity contribution in [1.82, 2.24) is 10.6 Å². The molecule has 1 aliphatic rings. The molecule has 184 valence electrons. The van der Waals surface area contributed by atoms with Crippen LogP contribution in [0.2, 0.25) is 0 Å². The highest BCUT2D eigenvalue weighted by Gasteiger charge is 2.75. The van der Waals surface area contributed by atoms with Crippen molar-refractivity contribution < 1.29 is 35.9 Å². The van der Waals surface area contributed by atoms with Crippen LogP contribution in [-0.2, 0) is 16.0 Å². The van der Waals surface area contributed by atoms with E-state index in [0.29, 0.717) is 0 Å². The number of rotatable bonds is 7. The normalized spacial score (nSPS) is 17.4. The number of carbonyl (C=O) groups excluding carboxylic acids is 2. The second-order valence-electron chi connectivity index (χ2n) is 9.53. The largest absolute Gasteiger partial charge is 0.425 e. The van der Waals surface area contributed by atoms with E-state index in [1.807, 2.05) is 0 Å². The summed E-state index contributed by atoms with van der Waals surface area (Å²) in [5.74, 6) is -2.91. The number of ketones is 1. The molecule has 1 amide bonds. The number of carbonyl (C=O) groups is 2. The van der Waals surface area contributed by atoms with E-state index in [1.165, 1.54) is 29.6 Å². The maximum Gasteiger partial charge on any atom is 0.425 e. The Balaban J connectivity index is 2.70. The molecule has 2 rings (SSSR count). The maximum absolute atomic E-state index is 14.3. The van der Waals surface area contributed by atoms with Gasteiger partial charge in [0.2, 0.25) is 5.91 Å². The van der Waals surface area contributed by atoms with E-state index in [4.69, 9.17) is 0 Å². The fourth-order valence-electron chi connectivity index (χ4n) is 3.92. The minimum Gasteiger partial charge on any atom is -0.388 e.